The standard InChI is InChI=1S/C24H19Cl2NO2/c1-16(28)10-18-15-27(24-5-3-2-4-23(18)24)14-17-6-8-21(9-7-17)29-22-12-19(25)11-20(26)13-22/h2-9,11-13,15,28H,1,10,14H2. The smallest absolute Gasteiger partial charge is 0.130 e. The summed E-state index contributed by atoms with van der Waals surface area (Å²) >= 11 is 12.0. The molecule has 0 saturated heterocycles. The van der Waals surface area contributed by atoms with Crippen molar-refractivity contribution in [1.82, 2.24) is 4.57 Å². The van der Waals surface area contributed by atoms with Gasteiger partial charge in [-0.25, -0.2) is 0 Å². The van der Waals surface area contributed by atoms with Crippen LogP contribution in [0.25, 0.3) is 10.9 Å². The normalized spacial score (nSPS) is 11.0. The zero-order valence-corrected chi connectivity index (χ0v) is 17.1. The Morgan fingerprint density at radius 2 is 1.62 bits per heavy atom. The SMILES string of the molecule is C=C(O)Cc1cn(Cc2ccc(Oc3cc(Cl)cc(Cl)c3)cc2)c2ccccc12. The molecule has 0 aliphatic heterocycles. The molecule has 1 heterocycles. The van der Waals surface area contributed by atoms with Crippen LogP contribution in [0.3, 0.4) is 0 Å². The highest BCUT2D eigenvalue weighted by Gasteiger charge is 2.10. The Balaban J connectivity index is 1.55. The molecule has 0 spiro atoms. The molecule has 0 saturated carbocycles. The van der Waals surface area contributed by atoms with Crippen LogP contribution in [0.4, 0.5) is 0 Å². The summed E-state index contributed by atoms with van der Waals surface area (Å²) in [5.74, 6) is 1.47. The maximum absolute atomic E-state index is 9.62. The molecule has 0 unspecified atom stereocenters. The molecule has 0 atom stereocenters. The lowest BCUT2D eigenvalue weighted by molar-refractivity contribution is 0.402. The Labute approximate surface area is 179 Å². The predicted molar refractivity (Wildman–Crippen MR) is 119 cm³/mol. The van der Waals surface area contributed by atoms with E-state index in [1.165, 1.54) is 0 Å². The van der Waals surface area contributed by atoms with E-state index in [1.54, 1.807) is 18.2 Å². The topological polar surface area (TPSA) is 34.4 Å². The van der Waals surface area contributed by atoms with E-state index in [0.29, 0.717) is 34.5 Å². The first-order chi connectivity index (χ1) is 14.0. The highest BCUT2D eigenvalue weighted by Crippen LogP contribution is 2.29. The number of nitrogens with zero attached hydrogens (tertiary/aromatic N) is 1. The lowest BCUT2D eigenvalue weighted by atomic mass is 10.1. The number of halogens is 2. The summed E-state index contributed by atoms with van der Waals surface area (Å²) in [5.41, 5.74) is 3.32. The van der Waals surface area contributed by atoms with Crippen molar-refractivity contribution in [2.24, 2.45) is 0 Å². The largest absolute Gasteiger partial charge is 0.513 e. The van der Waals surface area contributed by atoms with Crippen molar-refractivity contribution in [2.45, 2.75) is 13.0 Å². The number of benzene rings is 3. The first kappa shape index (κ1) is 19.4. The predicted octanol–water partition coefficient (Wildman–Crippen LogP) is 7.40. The van der Waals surface area contributed by atoms with Gasteiger partial charge in [-0.2, -0.15) is 0 Å². The number of hydrogen-bond acceptors (Lipinski definition) is 2. The molecular formula is C24H19Cl2NO2. The second-order valence-electron chi connectivity index (χ2n) is 6.89. The van der Waals surface area contributed by atoms with Crippen LogP contribution < -0.4 is 4.74 Å². The van der Waals surface area contributed by atoms with E-state index in [1.807, 2.05) is 36.4 Å². The van der Waals surface area contributed by atoms with Crippen LogP contribution in [-0.2, 0) is 13.0 Å². The van der Waals surface area contributed by atoms with E-state index in [4.69, 9.17) is 27.9 Å². The first-order valence-electron chi connectivity index (χ1n) is 9.14. The van der Waals surface area contributed by atoms with Crippen molar-refractivity contribution in [3.05, 3.63) is 106 Å². The maximum Gasteiger partial charge on any atom is 0.130 e. The molecule has 4 aromatic rings. The minimum atomic E-state index is 0.163. The van der Waals surface area contributed by atoms with Gasteiger partial charge in [0.05, 0.1) is 5.76 Å². The molecule has 0 amide bonds. The van der Waals surface area contributed by atoms with Crippen molar-refractivity contribution in [3.8, 4) is 11.5 Å². The lowest BCUT2D eigenvalue weighted by Gasteiger charge is -2.09. The maximum atomic E-state index is 9.62. The fourth-order valence-corrected chi connectivity index (χ4v) is 3.90. The monoisotopic (exact) mass is 423 g/mol. The summed E-state index contributed by atoms with van der Waals surface area (Å²) in [5, 5.41) is 11.8. The third kappa shape index (κ3) is 4.58. The molecule has 4 rings (SSSR count). The van der Waals surface area contributed by atoms with Gasteiger partial charge < -0.3 is 14.4 Å². The molecule has 3 nitrogen and oxygen atoms in total. The second-order valence-corrected chi connectivity index (χ2v) is 7.77. The first-order valence-corrected chi connectivity index (χ1v) is 9.90. The van der Waals surface area contributed by atoms with Crippen molar-refractivity contribution < 1.29 is 9.84 Å². The molecule has 0 fully saturated rings. The van der Waals surface area contributed by atoms with Crippen molar-refractivity contribution >= 4 is 34.1 Å². The van der Waals surface area contributed by atoms with Crippen LogP contribution >= 0.6 is 23.2 Å². The number of aliphatic hydroxyl groups excluding tert-OH is 1. The molecule has 146 valence electrons. The van der Waals surface area contributed by atoms with E-state index in [0.717, 1.165) is 22.0 Å². The van der Waals surface area contributed by atoms with E-state index in [-0.39, 0.29) is 5.76 Å². The van der Waals surface area contributed by atoms with E-state index in [9.17, 15) is 5.11 Å². The summed E-state index contributed by atoms with van der Waals surface area (Å²) in [6, 6.07) is 21.2. The van der Waals surface area contributed by atoms with Gasteiger partial charge in [0, 0.05) is 40.1 Å². The Bertz CT molecular complexity index is 1160. The van der Waals surface area contributed by atoms with Crippen LogP contribution in [0.15, 0.2) is 85.3 Å². The molecule has 0 radical (unpaired) electrons. The number of aromatic nitrogens is 1. The number of aliphatic hydroxyl groups is 1. The fraction of sp³-hybridized carbons (Fsp3) is 0.0833. The van der Waals surface area contributed by atoms with Gasteiger partial charge in [-0.05, 0) is 47.5 Å². The Kier molecular flexibility index (Phi) is 5.52. The highest BCUT2D eigenvalue weighted by molar-refractivity contribution is 6.34. The van der Waals surface area contributed by atoms with Crippen LogP contribution in [0.1, 0.15) is 11.1 Å². The van der Waals surface area contributed by atoms with E-state index < -0.39 is 0 Å². The third-order valence-corrected chi connectivity index (χ3v) is 5.05. The minimum absolute atomic E-state index is 0.163. The van der Waals surface area contributed by atoms with Gasteiger partial charge in [-0.15, -0.1) is 0 Å². The average molecular weight is 424 g/mol. The van der Waals surface area contributed by atoms with Gasteiger partial charge in [-0.1, -0.05) is 60.1 Å². The Morgan fingerprint density at radius 1 is 0.931 bits per heavy atom. The van der Waals surface area contributed by atoms with Crippen molar-refractivity contribution in [3.63, 3.8) is 0 Å². The molecule has 0 aliphatic rings. The van der Waals surface area contributed by atoms with Gasteiger partial charge in [0.15, 0.2) is 0 Å². The number of allylic oxidation sites excluding steroid dienone is 1. The lowest BCUT2D eigenvalue weighted by Crippen LogP contribution is -1.98. The molecule has 1 N–H and O–H groups in total. The Hall–Kier alpha value is -2.88. The molecule has 0 bridgehead atoms. The molecule has 5 heteroatoms. The average Bonchev–Trinajstić information content (AvgIpc) is 2.99. The van der Waals surface area contributed by atoms with Crippen molar-refractivity contribution in [1.29, 1.82) is 0 Å². The van der Waals surface area contributed by atoms with Crippen LogP contribution in [0.5, 0.6) is 11.5 Å². The number of rotatable bonds is 6. The van der Waals surface area contributed by atoms with Crippen LogP contribution in [0.2, 0.25) is 10.0 Å². The summed E-state index contributed by atoms with van der Waals surface area (Å²) in [7, 11) is 0. The minimum Gasteiger partial charge on any atom is -0.513 e. The number of para-hydroxylation sites is 1. The molecule has 29 heavy (non-hydrogen) atoms. The van der Waals surface area contributed by atoms with Gasteiger partial charge in [-0.3, -0.25) is 0 Å². The zero-order valence-electron chi connectivity index (χ0n) is 15.6. The number of ether oxygens (including phenoxy) is 1. The molecule has 3 aromatic carbocycles. The third-order valence-electron chi connectivity index (χ3n) is 4.61. The number of fused-ring (bicyclic) bond motifs is 1. The summed E-state index contributed by atoms with van der Waals surface area (Å²) in [6.45, 7) is 4.33. The summed E-state index contributed by atoms with van der Waals surface area (Å²) in [6.07, 6.45) is 2.52. The fourth-order valence-electron chi connectivity index (χ4n) is 3.40. The van der Waals surface area contributed by atoms with Gasteiger partial charge in [0.25, 0.3) is 0 Å². The quantitative estimate of drug-likeness (QED) is 0.327. The van der Waals surface area contributed by atoms with E-state index in [2.05, 4.69) is 29.5 Å². The van der Waals surface area contributed by atoms with Crippen LogP contribution in [-0.4, -0.2) is 9.67 Å². The summed E-state index contributed by atoms with van der Waals surface area (Å²) in [4.78, 5) is 0. The van der Waals surface area contributed by atoms with Crippen LogP contribution in [0, 0.1) is 0 Å². The molecular weight excluding hydrogens is 405 g/mol. The van der Waals surface area contributed by atoms with Gasteiger partial charge in [0.2, 0.25) is 0 Å². The van der Waals surface area contributed by atoms with Crippen molar-refractivity contribution in [2.75, 3.05) is 0 Å². The highest BCUT2D eigenvalue weighted by atomic mass is 35.5. The summed E-state index contributed by atoms with van der Waals surface area (Å²) < 4.78 is 8.03. The van der Waals surface area contributed by atoms with Gasteiger partial charge in [0.1, 0.15) is 11.5 Å². The zero-order chi connectivity index (χ0) is 20.4. The number of hydrogen-bond donors (Lipinski definition) is 1. The van der Waals surface area contributed by atoms with E-state index >= 15 is 0 Å². The second kappa shape index (κ2) is 8.24. The van der Waals surface area contributed by atoms with Gasteiger partial charge >= 0.3 is 0 Å². The molecule has 1 aromatic heterocycles. The Morgan fingerprint density at radius 3 is 2.31 bits per heavy atom. The molecule has 0 aliphatic carbocycles.